The van der Waals surface area contributed by atoms with E-state index in [0.717, 1.165) is 42.6 Å². The van der Waals surface area contributed by atoms with E-state index in [1.165, 1.54) is 17.0 Å². The summed E-state index contributed by atoms with van der Waals surface area (Å²) >= 11 is 1.71. The number of rotatable bonds is 7. The summed E-state index contributed by atoms with van der Waals surface area (Å²) in [7, 11) is 0. The van der Waals surface area contributed by atoms with Gasteiger partial charge in [0.15, 0.2) is 5.13 Å². The van der Waals surface area contributed by atoms with Gasteiger partial charge in [0.1, 0.15) is 5.82 Å². The fourth-order valence-electron chi connectivity index (χ4n) is 2.19. The molecule has 1 heterocycles. The van der Waals surface area contributed by atoms with E-state index in [1.54, 1.807) is 23.5 Å². The highest BCUT2D eigenvalue weighted by Gasteiger charge is 2.15. The van der Waals surface area contributed by atoms with Crippen LogP contribution in [0.4, 0.5) is 15.2 Å². The molecule has 2 rings (SSSR count). The van der Waals surface area contributed by atoms with Crippen molar-refractivity contribution in [2.45, 2.75) is 33.7 Å². The second-order valence-corrected chi connectivity index (χ2v) is 5.78. The molecular weight excluding hydrogens is 285 g/mol. The maximum absolute atomic E-state index is 13.1. The van der Waals surface area contributed by atoms with Crippen molar-refractivity contribution in [1.82, 2.24) is 10.3 Å². The molecule has 0 amide bonds. The van der Waals surface area contributed by atoms with Crippen LogP contribution in [0.15, 0.2) is 24.3 Å². The molecule has 0 spiro atoms. The van der Waals surface area contributed by atoms with Gasteiger partial charge in [0.05, 0.1) is 5.69 Å². The van der Waals surface area contributed by atoms with Gasteiger partial charge in [-0.3, -0.25) is 0 Å². The maximum Gasteiger partial charge on any atom is 0.190 e. The van der Waals surface area contributed by atoms with Gasteiger partial charge in [0.2, 0.25) is 0 Å². The molecule has 0 saturated carbocycles. The first-order chi connectivity index (χ1) is 10.2. The molecule has 21 heavy (non-hydrogen) atoms. The Morgan fingerprint density at radius 3 is 2.48 bits per heavy atom. The Hall–Kier alpha value is -1.46. The van der Waals surface area contributed by atoms with Gasteiger partial charge in [-0.15, -0.1) is 0 Å². The van der Waals surface area contributed by atoms with Crippen molar-refractivity contribution in [3.05, 3.63) is 40.7 Å². The van der Waals surface area contributed by atoms with Crippen molar-refractivity contribution in [2.75, 3.05) is 18.0 Å². The van der Waals surface area contributed by atoms with E-state index in [1.807, 2.05) is 0 Å². The third kappa shape index (κ3) is 3.80. The van der Waals surface area contributed by atoms with E-state index in [2.05, 4.69) is 31.0 Å². The van der Waals surface area contributed by atoms with E-state index in [0.29, 0.717) is 0 Å². The second kappa shape index (κ2) is 7.52. The minimum atomic E-state index is -0.212. The van der Waals surface area contributed by atoms with Crippen LogP contribution in [0, 0.1) is 5.82 Å². The molecule has 114 valence electrons. The average Bonchev–Trinajstić information content (AvgIpc) is 2.91. The van der Waals surface area contributed by atoms with Gasteiger partial charge in [-0.25, -0.2) is 9.37 Å². The molecular formula is C16H22FN3S. The number of hydrogen-bond acceptors (Lipinski definition) is 4. The molecule has 0 saturated heterocycles. The van der Waals surface area contributed by atoms with E-state index >= 15 is 0 Å². The highest BCUT2D eigenvalue weighted by atomic mass is 32.1. The lowest BCUT2D eigenvalue weighted by Crippen LogP contribution is -2.15. The second-order valence-electron chi connectivity index (χ2n) is 4.72. The van der Waals surface area contributed by atoms with Crippen LogP contribution in [0.2, 0.25) is 0 Å². The molecule has 0 fully saturated rings. The maximum atomic E-state index is 13.1. The van der Waals surface area contributed by atoms with Crippen LogP contribution in [-0.2, 0) is 13.0 Å². The van der Waals surface area contributed by atoms with Crippen molar-refractivity contribution in [3.8, 4) is 0 Å². The molecule has 0 atom stereocenters. The van der Waals surface area contributed by atoms with Gasteiger partial charge in [-0.05, 0) is 44.2 Å². The van der Waals surface area contributed by atoms with Gasteiger partial charge in [0.25, 0.3) is 0 Å². The topological polar surface area (TPSA) is 28.2 Å². The molecule has 0 aliphatic heterocycles. The molecule has 0 radical (unpaired) electrons. The average molecular weight is 307 g/mol. The third-order valence-corrected chi connectivity index (χ3v) is 4.44. The molecule has 0 unspecified atom stereocenters. The number of aryl methyl sites for hydroxylation is 1. The lowest BCUT2D eigenvalue weighted by Gasteiger charge is -2.19. The zero-order chi connectivity index (χ0) is 15.2. The van der Waals surface area contributed by atoms with E-state index < -0.39 is 0 Å². The summed E-state index contributed by atoms with van der Waals surface area (Å²) < 4.78 is 13.1. The minimum Gasteiger partial charge on any atom is -0.318 e. The van der Waals surface area contributed by atoms with Crippen LogP contribution in [0.5, 0.6) is 0 Å². The summed E-state index contributed by atoms with van der Waals surface area (Å²) in [6.45, 7) is 8.93. The minimum absolute atomic E-state index is 0.212. The van der Waals surface area contributed by atoms with E-state index in [-0.39, 0.29) is 5.82 Å². The number of anilines is 2. The van der Waals surface area contributed by atoms with Crippen molar-refractivity contribution in [1.29, 1.82) is 0 Å². The summed E-state index contributed by atoms with van der Waals surface area (Å²) in [5.74, 6) is -0.212. The quantitative estimate of drug-likeness (QED) is 0.834. The molecule has 0 aliphatic carbocycles. The number of hydrogen-bond donors (Lipinski definition) is 1. The van der Waals surface area contributed by atoms with Crippen LogP contribution < -0.4 is 10.2 Å². The SMILES string of the molecule is CCNCc1sc(N(CC)c2ccc(F)cc2)nc1CC. The van der Waals surface area contributed by atoms with E-state index in [9.17, 15) is 4.39 Å². The molecule has 1 N–H and O–H groups in total. The first-order valence-corrected chi connectivity index (χ1v) is 8.23. The van der Waals surface area contributed by atoms with Crippen molar-refractivity contribution < 1.29 is 4.39 Å². The van der Waals surface area contributed by atoms with Gasteiger partial charge >= 0.3 is 0 Å². The standard InChI is InChI=1S/C16H22FN3S/c1-4-14-15(11-18-5-2)21-16(19-14)20(6-3)13-9-7-12(17)8-10-13/h7-10,18H,4-6,11H2,1-3H3. The Bertz CT molecular complexity index is 565. The Morgan fingerprint density at radius 1 is 1.19 bits per heavy atom. The first kappa shape index (κ1) is 15.9. The van der Waals surface area contributed by atoms with Gasteiger partial charge in [-0.2, -0.15) is 0 Å². The Labute approximate surface area is 129 Å². The number of aromatic nitrogens is 1. The molecule has 2 aromatic rings. The third-order valence-electron chi connectivity index (χ3n) is 3.32. The van der Waals surface area contributed by atoms with Gasteiger partial charge in [0, 0.05) is 23.7 Å². The molecule has 5 heteroatoms. The smallest absolute Gasteiger partial charge is 0.190 e. The Morgan fingerprint density at radius 2 is 1.90 bits per heavy atom. The largest absolute Gasteiger partial charge is 0.318 e. The summed E-state index contributed by atoms with van der Waals surface area (Å²) in [4.78, 5) is 8.17. The zero-order valence-corrected chi connectivity index (χ0v) is 13.6. The normalized spacial score (nSPS) is 10.9. The zero-order valence-electron chi connectivity index (χ0n) is 12.8. The predicted molar refractivity (Wildman–Crippen MR) is 88.0 cm³/mol. The Balaban J connectivity index is 2.29. The van der Waals surface area contributed by atoms with Gasteiger partial charge in [-0.1, -0.05) is 25.2 Å². The number of nitrogens with zero attached hydrogens (tertiary/aromatic N) is 2. The predicted octanol–water partition coefficient (Wildman–Crippen LogP) is 4.11. The van der Waals surface area contributed by atoms with Crippen LogP contribution >= 0.6 is 11.3 Å². The lowest BCUT2D eigenvalue weighted by molar-refractivity contribution is 0.628. The van der Waals surface area contributed by atoms with Gasteiger partial charge < -0.3 is 10.2 Å². The number of halogens is 1. The van der Waals surface area contributed by atoms with Crippen LogP contribution in [0.1, 0.15) is 31.3 Å². The first-order valence-electron chi connectivity index (χ1n) is 7.41. The number of thiazole rings is 1. The van der Waals surface area contributed by atoms with Crippen molar-refractivity contribution in [3.63, 3.8) is 0 Å². The Kier molecular flexibility index (Phi) is 5.70. The van der Waals surface area contributed by atoms with Crippen LogP contribution in [0.3, 0.4) is 0 Å². The number of nitrogens with one attached hydrogen (secondary N) is 1. The fourth-order valence-corrected chi connectivity index (χ4v) is 3.39. The molecule has 0 aliphatic rings. The monoisotopic (exact) mass is 307 g/mol. The van der Waals surface area contributed by atoms with Crippen LogP contribution in [-0.4, -0.2) is 18.1 Å². The van der Waals surface area contributed by atoms with Crippen molar-refractivity contribution >= 4 is 22.2 Å². The summed E-state index contributed by atoms with van der Waals surface area (Å²) in [6.07, 6.45) is 0.929. The molecule has 1 aromatic carbocycles. The number of benzene rings is 1. The highest BCUT2D eigenvalue weighted by Crippen LogP contribution is 2.32. The van der Waals surface area contributed by atoms with E-state index in [4.69, 9.17) is 4.98 Å². The summed E-state index contributed by atoms with van der Waals surface area (Å²) in [6, 6.07) is 6.59. The lowest BCUT2D eigenvalue weighted by atomic mass is 10.3. The molecule has 3 nitrogen and oxygen atoms in total. The van der Waals surface area contributed by atoms with Crippen LogP contribution in [0.25, 0.3) is 0 Å². The molecule has 1 aromatic heterocycles. The fraction of sp³-hybridized carbons (Fsp3) is 0.438. The highest BCUT2D eigenvalue weighted by molar-refractivity contribution is 7.15. The summed E-state index contributed by atoms with van der Waals surface area (Å²) in [5, 5.41) is 4.34. The molecule has 0 bridgehead atoms. The van der Waals surface area contributed by atoms with Crippen molar-refractivity contribution in [2.24, 2.45) is 0 Å². The summed E-state index contributed by atoms with van der Waals surface area (Å²) in [5.41, 5.74) is 2.13.